The zero-order chi connectivity index (χ0) is 13.7. The van der Waals surface area contributed by atoms with Crippen LogP contribution in [0.25, 0.3) is 0 Å². The van der Waals surface area contributed by atoms with Crippen molar-refractivity contribution in [3.63, 3.8) is 0 Å². The van der Waals surface area contributed by atoms with E-state index in [4.69, 9.17) is 0 Å². The van der Waals surface area contributed by atoms with Crippen LogP contribution >= 0.6 is 0 Å². The molecule has 2 aromatic heterocycles. The average Bonchev–Trinajstić information content (AvgIpc) is 2.84. The molecule has 2 N–H and O–H groups in total. The van der Waals surface area contributed by atoms with E-state index in [0.717, 1.165) is 11.4 Å². The number of pyridine rings is 1. The second-order valence-corrected chi connectivity index (χ2v) is 4.43. The van der Waals surface area contributed by atoms with Crippen LogP contribution in [0.2, 0.25) is 0 Å². The van der Waals surface area contributed by atoms with Gasteiger partial charge in [0.1, 0.15) is 5.82 Å². The van der Waals surface area contributed by atoms with Crippen molar-refractivity contribution in [2.45, 2.75) is 32.7 Å². The third kappa shape index (κ3) is 3.87. The largest absolute Gasteiger partial charge is 0.346 e. The summed E-state index contributed by atoms with van der Waals surface area (Å²) < 4.78 is 0. The van der Waals surface area contributed by atoms with Crippen molar-refractivity contribution in [2.75, 3.05) is 0 Å². The number of carbonyl (C=O) groups is 1. The molecule has 0 fully saturated rings. The summed E-state index contributed by atoms with van der Waals surface area (Å²) in [5, 5.41) is 9.66. The molecule has 1 amide bonds. The number of aromatic amines is 1. The Hall–Kier alpha value is -2.24. The Morgan fingerprint density at radius 2 is 2.37 bits per heavy atom. The first-order chi connectivity index (χ1) is 9.15. The van der Waals surface area contributed by atoms with Crippen LogP contribution in [0.3, 0.4) is 0 Å². The summed E-state index contributed by atoms with van der Waals surface area (Å²) in [4.78, 5) is 20.0. The molecule has 2 heterocycles. The van der Waals surface area contributed by atoms with E-state index < -0.39 is 0 Å². The minimum atomic E-state index is -0.189. The first-order valence-electron chi connectivity index (χ1n) is 6.22. The smallest absolute Gasteiger partial charge is 0.220 e. The number of amides is 1. The van der Waals surface area contributed by atoms with Gasteiger partial charge in [-0.2, -0.15) is 5.10 Å². The molecule has 6 nitrogen and oxygen atoms in total. The lowest BCUT2D eigenvalue weighted by Gasteiger charge is -2.10. The first kappa shape index (κ1) is 13.2. The van der Waals surface area contributed by atoms with Gasteiger partial charge in [0.25, 0.3) is 0 Å². The normalized spacial score (nSPS) is 12.1. The van der Waals surface area contributed by atoms with Crippen LogP contribution in [0, 0.1) is 6.92 Å². The fraction of sp³-hybridized carbons (Fsp3) is 0.385. The quantitative estimate of drug-likeness (QED) is 0.848. The van der Waals surface area contributed by atoms with Gasteiger partial charge in [0.15, 0.2) is 5.82 Å². The highest BCUT2D eigenvalue weighted by molar-refractivity contribution is 5.76. The third-order valence-electron chi connectivity index (χ3n) is 2.74. The van der Waals surface area contributed by atoms with Gasteiger partial charge in [-0.1, -0.05) is 6.07 Å². The highest BCUT2D eigenvalue weighted by atomic mass is 16.1. The summed E-state index contributed by atoms with van der Waals surface area (Å²) >= 11 is 0. The molecule has 0 aliphatic carbocycles. The fourth-order valence-corrected chi connectivity index (χ4v) is 1.74. The van der Waals surface area contributed by atoms with Gasteiger partial charge in [-0.05, 0) is 31.9 Å². The molecule has 1 atom stereocenters. The number of nitrogens with one attached hydrogen (secondary N) is 2. The topological polar surface area (TPSA) is 83.6 Å². The molecule has 0 spiro atoms. The molecular weight excluding hydrogens is 242 g/mol. The Morgan fingerprint density at radius 1 is 1.53 bits per heavy atom. The zero-order valence-corrected chi connectivity index (χ0v) is 11.1. The molecule has 0 aliphatic rings. The molecular formula is C13H17N5O. The monoisotopic (exact) mass is 259 g/mol. The predicted molar refractivity (Wildman–Crippen MR) is 70.2 cm³/mol. The fourth-order valence-electron chi connectivity index (χ4n) is 1.74. The maximum absolute atomic E-state index is 11.8. The number of carbonyl (C=O) groups excluding carboxylic acids is 1. The zero-order valence-electron chi connectivity index (χ0n) is 11.1. The van der Waals surface area contributed by atoms with Crippen LogP contribution < -0.4 is 5.32 Å². The van der Waals surface area contributed by atoms with E-state index in [1.807, 2.05) is 26.0 Å². The number of aryl methyl sites for hydroxylation is 2. The van der Waals surface area contributed by atoms with E-state index >= 15 is 0 Å². The molecule has 0 aromatic carbocycles. The molecule has 0 saturated heterocycles. The minimum Gasteiger partial charge on any atom is -0.346 e. The van der Waals surface area contributed by atoms with E-state index in [1.54, 1.807) is 12.4 Å². The number of H-pyrrole nitrogens is 1. The molecule has 0 bridgehead atoms. The highest BCUT2D eigenvalue weighted by Gasteiger charge is 2.13. The average molecular weight is 259 g/mol. The molecule has 19 heavy (non-hydrogen) atoms. The van der Waals surface area contributed by atoms with Gasteiger partial charge >= 0.3 is 0 Å². The standard InChI is InChI=1S/C13H17N5O/c1-9(13-16-10(2)17-18-13)15-12(19)6-5-11-4-3-7-14-8-11/h3-4,7-9H,5-6H2,1-2H3,(H,15,19)(H,16,17,18)/t9-/m0/s1. The molecule has 2 rings (SSSR count). The molecule has 0 unspecified atom stereocenters. The van der Waals surface area contributed by atoms with Gasteiger partial charge in [-0.15, -0.1) is 0 Å². The molecule has 0 radical (unpaired) electrons. The Balaban J connectivity index is 1.81. The number of aromatic nitrogens is 4. The predicted octanol–water partition coefficient (Wildman–Crippen LogP) is 1.32. The summed E-state index contributed by atoms with van der Waals surface area (Å²) in [5.41, 5.74) is 1.05. The van der Waals surface area contributed by atoms with E-state index in [0.29, 0.717) is 18.7 Å². The summed E-state index contributed by atoms with van der Waals surface area (Å²) in [6.45, 7) is 3.69. The number of hydrogen-bond acceptors (Lipinski definition) is 4. The lowest BCUT2D eigenvalue weighted by atomic mass is 10.1. The van der Waals surface area contributed by atoms with Crippen LogP contribution in [0.1, 0.15) is 36.6 Å². The van der Waals surface area contributed by atoms with Crippen LogP contribution in [0.15, 0.2) is 24.5 Å². The van der Waals surface area contributed by atoms with Crippen LogP contribution in [-0.4, -0.2) is 26.1 Å². The van der Waals surface area contributed by atoms with Gasteiger partial charge in [-0.3, -0.25) is 14.9 Å². The van der Waals surface area contributed by atoms with Gasteiger partial charge in [0, 0.05) is 18.8 Å². The highest BCUT2D eigenvalue weighted by Crippen LogP contribution is 2.07. The minimum absolute atomic E-state index is 0.0150. The van der Waals surface area contributed by atoms with E-state index in [9.17, 15) is 4.79 Å². The summed E-state index contributed by atoms with van der Waals surface area (Å²) in [5.74, 6) is 1.33. The van der Waals surface area contributed by atoms with Crippen molar-refractivity contribution in [1.29, 1.82) is 0 Å². The number of rotatable bonds is 5. The Labute approximate surface area is 111 Å². The molecule has 0 saturated carbocycles. The van der Waals surface area contributed by atoms with E-state index in [-0.39, 0.29) is 11.9 Å². The van der Waals surface area contributed by atoms with E-state index in [2.05, 4.69) is 25.5 Å². The van der Waals surface area contributed by atoms with Crippen molar-refractivity contribution >= 4 is 5.91 Å². The van der Waals surface area contributed by atoms with Crippen molar-refractivity contribution < 1.29 is 4.79 Å². The number of nitrogens with zero attached hydrogens (tertiary/aromatic N) is 3. The van der Waals surface area contributed by atoms with E-state index in [1.165, 1.54) is 0 Å². The summed E-state index contributed by atoms with van der Waals surface area (Å²) in [6.07, 6.45) is 4.60. The SMILES string of the molecule is Cc1nc([C@H](C)NC(=O)CCc2cccnc2)n[nH]1. The molecule has 2 aromatic rings. The molecule has 100 valence electrons. The van der Waals surface area contributed by atoms with Crippen molar-refractivity contribution in [1.82, 2.24) is 25.5 Å². The van der Waals surface area contributed by atoms with Crippen LogP contribution in [-0.2, 0) is 11.2 Å². The summed E-state index contributed by atoms with van der Waals surface area (Å²) in [7, 11) is 0. The Bertz CT molecular complexity index is 537. The van der Waals surface area contributed by atoms with Crippen LogP contribution in [0.5, 0.6) is 0 Å². The second kappa shape index (κ2) is 6.08. The maximum atomic E-state index is 11.8. The van der Waals surface area contributed by atoms with Crippen molar-refractivity contribution in [3.05, 3.63) is 41.7 Å². The Morgan fingerprint density at radius 3 is 3.00 bits per heavy atom. The Kier molecular flexibility index (Phi) is 4.22. The second-order valence-electron chi connectivity index (χ2n) is 4.43. The maximum Gasteiger partial charge on any atom is 0.220 e. The van der Waals surface area contributed by atoms with Gasteiger partial charge < -0.3 is 5.32 Å². The van der Waals surface area contributed by atoms with Gasteiger partial charge in [0.05, 0.1) is 6.04 Å². The third-order valence-corrected chi connectivity index (χ3v) is 2.74. The van der Waals surface area contributed by atoms with Crippen molar-refractivity contribution in [2.24, 2.45) is 0 Å². The van der Waals surface area contributed by atoms with Gasteiger partial charge in [0.2, 0.25) is 5.91 Å². The molecule has 0 aliphatic heterocycles. The van der Waals surface area contributed by atoms with Crippen molar-refractivity contribution in [3.8, 4) is 0 Å². The first-order valence-corrected chi connectivity index (χ1v) is 6.22. The lowest BCUT2D eigenvalue weighted by Crippen LogP contribution is -2.27. The lowest BCUT2D eigenvalue weighted by molar-refractivity contribution is -0.121. The van der Waals surface area contributed by atoms with Crippen LogP contribution in [0.4, 0.5) is 0 Å². The number of hydrogen-bond donors (Lipinski definition) is 2. The summed E-state index contributed by atoms with van der Waals surface area (Å²) in [6, 6.07) is 3.64. The van der Waals surface area contributed by atoms with Gasteiger partial charge in [-0.25, -0.2) is 4.98 Å². The molecule has 6 heteroatoms.